The smallest absolute Gasteiger partial charge is 0.326 e. The van der Waals surface area contributed by atoms with E-state index in [4.69, 9.17) is 11.5 Å². The van der Waals surface area contributed by atoms with Crippen LogP contribution in [0.2, 0.25) is 0 Å². The first-order valence-electron chi connectivity index (χ1n) is 15.3. The third-order valence-corrected chi connectivity index (χ3v) is 7.81. The summed E-state index contributed by atoms with van der Waals surface area (Å²) in [5.74, 6) is -3.70. The highest BCUT2D eigenvalue weighted by Crippen LogP contribution is 2.41. The van der Waals surface area contributed by atoms with Crippen LogP contribution in [0.3, 0.4) is 0 Å². The van der Waals surface area contributed by atoms with Gasteiger partial charge in [0.25, 0.3) is 0 Å². The van der Waals surface area contributed by atoms with Crippen LogP contribution >= 0.6 is 0 Å². The Kier molecular flexibility index (Phi) is 13.0. The fraction of sp³-hybridized carbons (Fsp3) is 0.441. The molecule has 0 bridgehead atoms. The van der Waals surface area contributed by atoms with Crippen LogP contribution in [0.1, 0.15) is 63.8 Å². The minimum Gasteiger partial charge on any atom is -0.480 e. The Morgan fingerprint density at radius 3 is 2.33 bits per heavy atom. The minimum atomic E-state index is -1.19. The molecule has 10 nitrogen and oxygen atoms in total. The molecule has 0 spiro atoms. The third-order valence-electron chi connectivity index (χ3n) is 7.81. The predicted octanol–water partition coefficient (Wildman–Crippen LogP) is 3.81. The maximum Gasteiger partial charge on any atom is 0.326 e. The van der Waals surface area contributed by atoms with Gasteiger partial charge in [0, 0.05) is 36.1 Å². The molecule has 3 atom stereocenters. The second-order valence-corrected chi connectivity index (χ2v) is 12.5. The number of amides is 2. The molecule has 0 aliphatic heterocycles. The lowest BCUT2D eigenvalue weighted by atomic mass is 9.82. The van der Waals surface area contributed by atoms with Crippen LogP contribution in [0.4, 0.5) is 8.78 Å². The molecule has 12 heteroatoms. The van der Waals surface area contributed by atoms with E-state index in [9.17, 15) is 33.4 Å². The summed E-state index contributed by atoms with van der Waals surface area (Å²) in [4.78, 5) is 39.4. The van der Waals surface area contributed by atoms with Crippen LogP contribution in [0, 0.1) is 17.0 Å². The number of carboxylic acids is 1. The lowest BCUT2D eigenvalue weighted by Crippen LogP contribution is -2.50. The molecule has 3 aromatic rings. The van der Waals surface area contributed by atoms with Crippen LogP contribution in [0.25, 0.3) is 11.1 Å². The van der Waals surface area contributed by atoms with Crippen LogP contribution in [-0.2, 0) is 20.9 Å². The Morgan fingerprint density at radius 1 is 1.02 bits per heavy atom. The van der Waals surface area contributed by atoms with E-state index in [1.54, 1.807) is 12.3 Å². The van der Waals surface area contributed by atoms with Crippen molar-refractivity contribution in [2.24, 2.45) is 16.9 Å². The van der Waals surface area contributed by atoms with Gasteiger partial charge in [-0.05, 0) is 67.5 Å². The van der Waals surface area contributed by atoms with Crippen molar-refractivity contribution in [3.63, 3.8) is 0 Å². The van der Waals surface area contributed by atoms with Gasteiger partial charge in [-0.15, -0.1) is 0 Å². The number of aromatic nitrogens is 1. The lowest BCUT2D eigenvalue weighted by Gasteiger charge is -2.41. The highest BCUT2D eigenvalue weighted by atomic mass is 19.1. The van der Waals surface area contributed by atoms with Crippen molar-refractivity contribution < 1.29 is 33.4 Å². The van der Waals surface area contributed by atoms with Gasteiger partial charge in [0.05, 0.1) is 12.1 Å². The Morgan fingerprint density at radius 2 is 1.72 bits per heavy atom. The molecule has 0 aliphatic carbocycles. The van der Waals surface area contributed by atoms with Crippen molar-refractivity contribution in [3.05, 3.63) is 83.7 Å². The second-order valence-electron chi connectivity index (χ2n) is 12.5. The van der Waals surface area contributed by atoms with Crippen molar-refractivity contribution in [1.82, 2.24) is 14.8 Å². The molecular weight excluding hydrogens is 596 g/mol. The Hall–Kier alpha value is -4.13. The van der Waals surface area contributed by atoms with Gasteiger partial charge in [-0.3, -0.25) is 9.59 Å². The van der Waals surface area contributed by atoms with E-state index in [0.29, 0.717) is 37.2 Å². The van der Waals surface area contributed by atoms with E-state index in [0.717, 1.165) is 23.8 Å². The molecule has 250 valence electrons. The van der Waals surface area contributed by atoms with Gasteiger partial charge >= 0.3 is 5.97 Å². The number of nitrogens with zero attached hydrogens (tertiary/aromatic N) is 2. The highest BCUT2D eigenvalue weighted by Gasteiger charge is 2.37. The molecule has 1 heterocycles. The van der Waals surface area contributed by atoms with Gasteiger partial charge in [-0.25, -0.2) is 13.6 Å². The van der Waals surface area contributed by atoms with Crippen molar-refractivity contribution in [3.8, 4) is 11.1 Å². The van der Waals surface area contributed by atoms with E-state index in [1.165, 1.54) is 4.90 Å². The van der Waals surface area contributed by atoms with Crippen LogP contribution in [0.5, 0.6) is 0 Å². The fourth-order valence-electron chi connectivity index (χ4n) is 5.54. The van der Waals surface area contributed by atoms with E-state index in [1.807, 2.05) is 55.7 Å². The summed E-state index contributed by atoms with van der Waals surface area (Å²) in [6.45, 7) is 5.59. The van der Waals surface area contributed by atoms with E-state index < -0.39 is 59.6 Å². The first-order valence-corrected chi connectivity index (χ1v) is 15.3. The molecule has 0 saturated heterocycles. The number of aliphatic carboxylic acids is 1. The number of halogens is 2. The largest absolute Gasteiger partial charge is 0.480 e. The molecule has 46 heavy (non-hydrogen) atoms. The van der Waals surface area contributed by atoms with Crippen molar-refractivity contribution in [2.75, 3.05) is 19.7 Å². The molecule has 2 aromatic carbocycles. The topological polar surface area (TPSA) is 164 Å². The summed E-state index contributed by atoms with van der Waals surface area (Å²) in [6, 6.07) is 11.4. The summed E-state index contributed by atoms with van der Waals surface area (Å²) in [6.07, 6.45) is 2.98. The van der Waals surface area contributed by atoms with E-state index in [-0.39, 0.29) is 24.9 Å². The summed E-state index contributed by atoms with van der Waals surface area (Å²) in [5, 5.41) is 22.0. The van der Waals surface area contributed by atoms with E-state index >= 15 is 0 Å². The maximum atomic E-state index is 14.9. The number of hydrogen-bond acceptors (Lipinski definition) is 6. The average molecular weight is 642 g/mol. The van der Waals surface area contributed by atoms with Gasteiger partial charge in [0.15, 0.2) is 0 Å². The number of benzene rings is 2. The standard InChI is InChI=1S/C34H45F2N5O5/c1-34(2,3)31(41(30(43)21-42)16-14-27(38)32(44)39-28(33(45)46)11-7-8-15-37)29-17-23(25-18-24(35)12-13-26(25)36)20-40(29)19-22-9-5-4-6-10-22/h4-6,9-10,12-13,17-18,20,27-28,31,42H,7-8,11,14-16,19,21,37-38H2,1-3H3,(H,39,44)(H,45,46)/t27-,28-,31-/m0/s1. The molecule has 2 amide bonds. The number of nitrogens with two attached hydrogens (primary N) is 2. The summed E-state index contributed by atoms with van der Waals surface area (Å²) >= 11 is 0. The normalized spacial score (nSPS) is 13.6. The number of carbonyl (C=O) groups excluding carboxylic acids is 2. The van der Waals surface area contributed by atoms with Crippen molar-refractivity contribution in [2.45, 2.75) is 71.1 Å². The monoisotopic (exact) mass is 641 g/mol. The predicted molar refractivity (Wildman–Crippen MR) is 171 cm³/mol. The highest BCUT2D eigenvalue weighted by molar-refractivity contribution is 5.86. The zero-order chi connectivity index (χ0) is 34.0. The van der Waals surface area contributed by atoms with Crippen molar-refractivity contribution in [1.29, 1.82) is 0 Å². The molecule has 0 unspecified atom stereocenters. The first kappa shape index (κ1) is 36.3. The number of carboxylic acid groups (broad SMARTS) is 1. The van der Waals surface area contributed by atoms with Gasteiger partial charge < -0.3 is 36.5 Å². The van der Waals surface area contributed by atoms with E-state index in [2.05, 4.69) is 5.32 Å². The van der Waals surface area contributed by atoms with Crippen LogP contribution < -0.4 is 16.8 Å². The molecule has 1 aromatic heterocycles. The summed E-state index contributed by atoms with van der Waals surface area (Å²) in [7, 11) is 0. The zero-order valence-electron chi connectivity index (χ0n) is 26.6. The molecule has 0 saturated carbocycles. The first-order chi connectivity index (χ1) is 21.8. The Bertz CT molecular complexity index is 1470. The van der Waals surface area contributed by atoms with Gasteiger partial charge in [0.2, 0.25) is 11.8 Å². The minimum absolute atomic E-state index is 0.0376. The second kappa shape index (κ2) is 16.4. The number of carbonyl (C=O) groups is 3. The Labute approximate surface area is 268 Å². The number of aliphatic hydroxyl groups excluding tert-OH is 1. The van der Waals surface area contributed by atoms with Gasteiger partial charge in [-0.1, -0.05) is 51.1 Å². The zero-order valence-corrected chi connectivity index (χ0v) is 26.6. The molecule has 0 aliphatic rings. The number of nitrogens with one attached hydrogen (secondary N) is 1. The number of hydrogen-bond donors (Lipinski definition) is 5. The molecule has 7 N–H and O–H groups in total. The van der Waals surface area contributed by atoms with Gasteiger partial charge in [-0.2, -0.15) is 0 Å². The number of aliphatic hydroxyl groups is 1. The number of rotatable bonds is 16. The molecular formula is C34H45F2N5O5. The average Bonchev–Trinajstić information content (AvgIpc) is 3.41. The number of unbranched alkanes of at least 4 members (excludes halogenated alkanes) is 1. The van der Waals surface area contributed by atoms with Crippen LogP contribution in [0.15, 0.2) is 60.8 Å². The molecule has 0 fully saturated rings. The quantitative estimate of drug-likeness (QED) is 0.149. The summed E-state index contributed by atoms with van der Waals surface area (Å²) < 4.78 is 31.0. The fourth-order valence-corrected chi connectivity index (χ4v) is 5.54. The third kappa shape index (κ3) is 9.68. The lowest BCUT2D eigenvalue weighted by molar-refractivity contribution is -0.142. The SMILES string of the molecule is CC(C)(C)[C@H](c1cc(-c2cc(F)ccc2F)cn1Cc1ccccc1)N(CC[C@H](N)C(=O)N[C@@H](CCCCN)C(=O)O)C(=O)CO. The Balaban J connectivity index is 2.00. The van der Waals surface area contributed by atoms with Gasteiger partial charge in [0.1, 0.15) is 24.3 Å². The maximum absolute atomic E-state index is 14.9. The van der Waals surface area contributed by atoms with Crippen LogP contribution in [-0.4, -0.2) is 69.2 Å². The molecule has 0 radical (unpaired) electrons. The summed E-state index contributed by atoms with van der Waals surface area (Å²) in [5.41, 5.74) is 13.0. The van der Waals surface area contributed by atoms with Crippen molar-refractivity contribution >= 4 is 17.8 Å². The molecule has 3 rings (SSSR count).